The van der Waals surface area contributed by atoms with E-state index >= 15 is 0 Å². The van der Waals surface area contributed by atoms with Crippen LogP contribution >= 0.6 is 0 Å². The first-order valence-electron chi connectivity index (χ1n) is 7.56. The number of hydrogen-bond donors (Lipinski definition) is 2. The highest BCUT2D eigenvalue weighted by Gasteiger charge is 2.24. The van der Waals surface area contributed by atoms with Crippen molar-refractivity contribution in [3.8, 4) is 0 Å². The third kappa shape index (κ3) is 4.05. The van der Waals surface area contributed by atoms with Crippen molar-refractivity contribution in [2.45, 2.75) is 57.5 Å². The third-order valence-electron chi connectivity index (χ3n) is 4.35. The zero-order valence-corrected chi connectivity index (χ0v) is 12.2. The normalized spacial score (nSPS) is 20.4. The van der Waals surface area contributed by atoms with Crippen LogP contribution < -0.4 is 5.32 Å². The topological polar surface area (TPSA) is 50.1 Å². The third-order valence-corrected chi connectivity index (χ3v) is 4.35. The van der Waals surface area contributed by atoms with E-state index in [-0.39, 0.29) is 6.61 Å². The number of nitrogens with zero attached hydrogens (tertiary/aromatic N) is 2. The molecule has 0 spiro atoms. The molecule has 0 amide bonds. The van der Waals surface area contributed by atoms with Gasteiger partial charge in [0.25, 0.3) is 0 Å². The number of aliphatic hydroxyl groups excluding tert-OH is 1. The number of nitrogens with one attached hydrogen (secondary N) is 1. The lowest BCUT2D eigenvalue weighted by Crippen LogP contribution is -2.39. The maximum atomic E-state index is 9.30. The molecule has 0 aromatic carbocycles. The minimum atomic E-state index is 0.272. The second-order valence-corrected chi connectivity index (χ2v) is 5.85. The average Bonchev–Trinajstić information content (AvgIpc) is 2.86. The quantitative estimate of drug-likeness (QED) is 0.830. The monoisotopic (exact) mass is 265 g/mol. The van der Waals surface area contributed by atoms with E-state index in [1.807, 2.05) is 17.9 Å². The molecule has 2 N–H and O–H groups in total. The van der Waals surface area contributed by atoms with Gasteiger partial charge in [0, 0.05) is 37.5 Å². The predicted molar refractivity (Wildman–Crippen MR) is 76.8 cm³/mol. The van der Waals surface area contributed by atoms with Gasteiger partial charge in [-0.15, -0.1) is 0 Å². The van der Waals surface area contributed by atoms with Crippen LogP contribution in [0.15, 0.2) is 12.4 Å². The highest BCUT2D eigenvalue weighted by molar-refractivity contribution is 5.09. The summed E-state index contributed by atoms with van der Waals surface area (Å²) in [6.07, 6.45) is 11.5. The molecule has 1 aliphatic carbocycles. The number of aliphatic hydroxyl groups is 1. The van der Waals surface area contributed by atoms with Gasteiger partial charge in [-0.05, 0) is 32.1 Å². The predicted octanol–water partition coefficient (Wildman–Crippen LogP) is 2.40. The van der Waals surface area contributed by atoms with Gasteiger partial charge in [0.2, 0.25) is 0 Å². The van der Waals surface area contributed by atoms with Crippen molar-refractivity contribution in [1.29, 1.82) is 0 Å². The summed E-state index contributed by atoms with van der Waals surface area (Å²) in [6, 6.07) is 0.729. The Morgan fingerprint density at radius 3 is 2.74 bits per heavy atom. The second kappa shape index (κ2) is 7.06. The largest absolute Gasteiger partial charge is 0.396 e. The minimum absolute atomic E-state index is 0.272. The van der Waals surface area contributed by atoms with E-state index < -0.39 is 0 Å². The van der Waals surface area contributed by atoms with Gasteiger partial charge in [-0.3, -0.25) is 4.68 Å². The van der Waals surface area contributed by atoms with Gasteiger partial charge in [-0.2, -0.15) is 5.10 Å². The van der Waals surface area contributed by atoms with Crippen molar-refractivity contribution in [1.82, 2.24) is 15.1 Å². The lowest BCUT2D eigenvalue weighted by Gasteiger charge is -2.32. The molecular weight excluding hydrogens is 238 g/mol. The Hall–Kier alpha value is -0.870. The van der Waals surface area contributed by atoms with Gasteiger partial charge in [0.15, 0.2) is 0 Å². The smallest absolute Gasteiger partial charge is 0.0537 e. The van der Waals surface area contributed by atoms with E-state index in [2.05, 4.69) is 23.5 Å². The van der Waals surface area contributed by atoms with Crippen LogP contribution in [0.2, 0.25) is 0 Å². The van der Waals surface area contributed by atoms with E-state index in [0.717, 1.165) is 12.3 Å². The molecule has 2 rings (SSSR count). The van der Waals surface area contributed by atoms with Crippen molar-refractivity contribution in [3.63, 3.8) is 0 Å². The summed E-state index contributed by atoms with van der Waals surface area (Å²) in [5.41, 5.74) is 1.22. The van der Waals surface area contributed by atoms with Gasteiger partial charge in [0.05, 0.1) is 6.20 Å². The standard InChI is InChI=1S/C15H27N3O/c1-12(14-10-16-18(2)11-14)17-15(8-9-19)13-6-4-3-5-7-13/h10-13,15,17,19H,3-9H2,1-2H3. The Morgan fingerprint density at radius 2 is 2.16 bits per heavy atom. The molecule has 2 atom stereocenters. The lowest BCUT2D eigenvalue weighted by molar-refractivity contribution is 0.198. The average molecular weight is 265 g/mol. The van der Waals surface area contributed by atoms with E-state index in [0.29, 0.717) is 12.1 Å². The fourth-order valence-electron chi connectivity index (χ4n) is 3.21. The summed E-state index contributed by atoms with van der Waals surface area (Å²) in [6.45, 7) is 2.46. The van der Waals surface area contributed by atoms with Crippen LogP contribution in [0.4, 0.5) is 0 Å². The second-order valence-electron chi connectivity index (χ2n) is 5.85. The van der Waals surface area contributed by atoms with Crippen molar-refractivity contribution in [2.24, 2.45) is 13.0 Å². The fraction of sp³-hybridized carbons (Fsp3) is 0.800. The number of hydrogen-bond acceptors (Lipinski definition) is 3. The molecule has 0 radical (unpaired) electrons. The molecule has 19 heavy (non-hydrogen) atoms. The zero-order chi connectivity index (χ0) is 13.7. The Kier molecular flexibility index (Phi) is 5.40. The van der Waals surface area contributed by atoms with Crippen molar-refractivity contribution in [2.75, 3.05) is 6.61 Å². The molecule has 4 nitrogen and oxygen atoms in total. The zero-order valence-electron chi connectivity index (χ0n) is 12.2. The molecule has 1 aromatic rings. The molecule has 0 bridgehead atoms. The van der Waals surface area contributed by atoms with E-state index in [4.69, 9.17) is 0 Å². The summed E-state index contributed by atoms with van der Waals surface area (Å²) >= 11 is 0. The Balaban J connectivity index is 1.95. The molecule has 1 heterocycles. The van der Waals surface area contributed by atoms with Crippen LogP contribution in [0, 0.1) is 5.92 Å². The molecule has 0 saturated heterocycles. The molecule has 1 saturated carbocycles. The van der Waals surface area contributed by atoms with Crippen LogP contribution in [-0.4, -0.2) is 27.5 Å². The first kappa shape index (κ1) is 14.5. The molecule has 1 aliphatic rings. The highest BCUT2D eigenvalue weighted by atomic mass is 16.3. The van der Waals surface area contributed by atoms with Gasteiger partial charge in [0.1, 0.15) is 0 Å². The van der Waals surface area contributed by atoms with E-state index in [1.54, 1.807) is 0 Å². The van der Waals surface area contributed by atoms with Gasteiger partial charge < -0.3 is 10.4 Å². The Bertz CT molecular complexity index is 371. The van der Waals surface area contributed by atoms with Crippen LogP contribution in [0.25, 0.3) is 0 Å². The van der Waals surface area contributed by atoms with Crippen molar-refractivity contribution in [3.05, 3.63) is 18.0 Å². The van der Waals surface area contributed by atoms with Gasteiger partial charge >= 0.3 is 0 Å². The number of aromatic nitrogens is 2. The summed E-state index contributed by atoms with van der Waals surface area (Å²) in [5, 5.41) is 17.2. The van der Waals surface area contributed by atoms with Crippen molar-refractivity contribution >= 4 is 0 Å². The van der Waals surface area contributed by atoms with Crippen LogP contribution in [0.3, 0.4) is 0 Å². The maximum absolute atomic E-state index is 9.30. The fourth-order valence-corrected chi connectivity index (χ4v) is 3.21. The van der Waals surface area contributed by atoms with Crippen LogP contribution in [0.5, 0.6) is 0 Å². The molecule has 2 unspecified atom stereocenters. The summed E-state index contributed by atoms with van der Waals surface area (Å²) in [5.74, 6) is 0.722. The molecule has 0 aliphatic heterocycles. The summed E-state index contributed by atoms with van der Waals surface area (Å²) in [4.78, 5) is 0. The summed E-state index contributed by atoms with van der Waals surface area (Å²) < 4.78 is 1.84. The molecular formula is C15H27N3O. The molecule has 4 heteroatoms. The lowest BCUT2D eigenvalue weighted by atomic mass is 9.82. The first-order valence-corrected chi connectivity index (χ1v) is 7.56. The van der Waals surface area contributed by atoms with Crippen LogP contribution in [0.1, 0.15) is 57.1 Å². The van der Waals surface area contributed by atoms with Crippen molar-refractivity contribution < 1.29 is 5.11 Å². The Morgan fingerprint density at radius 1 is 1.42 bits per heavy atom. The van der Waals surface area contributed by atoms with E-state index in [1.165, 1.54) is 37.7 Å². The van der Waals surface area contributed by atoms with E-state index in [9.17, 15) is 5.11 Å². The summed E-state index contributed by atoms with van der Waals surface area (Å²) in [7, 11) is 1.95. The first-order chi connectivity index (χ1) is 9.20. The van der Waals surface area contributed by atoms with Gasteiger partial charge in [-0.25, -0.2) is 0 Å². The molecule has 1 fully saturated rings. The van der Waals surface area contributed by atoms with Gasteiger partial charge in [-0.1, -0.05) is 19.3 Å². The number of aryl methyl sites for hydroxylation is 1. The molecule has 1 aromatic heterocycles. The van der Waals surface area contributed by atoms with Crippen LogP contribution in [-0.2, 0) is 7.05 Å². The number of rotatable bonds is 6. The molecule has 108 valence electrons. The Labute approximate surface area is 116 Å². The minimum Gasteiger partial charge on any atom is -0.396 e. The SMILES string of the molecule is CC(NC(CCO)C1CCCCC1)c1cnn(C)c1. The maximum Gasteiger partial charge on any atom is 0.0537 e. The highest BCUT2D eigenvalue weighted by Crippen LogP contribution is 2.29.